The molecule has 5 heteroatoms. The van der Waals surface area contributed by atoms with Crippen LogP contribution in [0.25, 0.3) is 11.1 Å². The summed E-state index contributed by atoms with van der Waals surface area (Å²) in [6, 6.07) is 7.70. The lowest BCUT2D eigenvalue weighted by Crippen LogP contribution is -2.06. The third-order valence-electron chi connectivity index (χ3n) is 2.43. The molecule has 1 N–H and O–H groups in total. The lowest BCUT2D eigenvalue weighted by Gasteiger charge is -2.13. The Kier molecular flexibility index (Phi) is 2.98. The SMILES string of the molecule is Oc1cc(F)cc(-c2ccccc2C(F)(F)F)c1. The molecule has 0 aliphatic heterocycles. The van der Waals surface area contributed by atoms with Crippen molar-refractivity contribution in [1.82, 2.24) is 0 Å². The molecule has 2 aromatic rings. The molecule has 0 radical (unpaired) electrons. The molecular weight excluding hydrogens is 248 g/mol. The van der Waals surface area contributed by atoms with Crippen LogP contribution in [0.5, 0.6) is 5.75 Å². The van der Waals surface area contributed by atoms with Gasteiger partial charge >= 0.3 is 6.18 Å². The Morgan fingerprint density at radius 1 is 0.944 bits per heavy atom. The summed E-state index contributed by atoms with van der Waals surface area (Å²) < 4.78 is 51.4. The summed E-state index contributed by atoms with van der Waals surface area (Å²) in [5, 5.41) is 9.23. The maximum Gasteiger partial charge on any atom is 0.417 e. The maximum atomic E-state index is 13.1. The number of rotatable bonds is 1. The predicted octanol–water partition coefficient (Wildman–Crippen LogP) is 4.22. The number of aromatic hydroxyl groups is 1. The second-order valence-electron chi connectivity index (χ2n) is 3.74. The topological polar surface area (TPSA) is 20.2 Å². The first-order valence-electron chi connectivity index (χ1n) is 5.04. The molecule has 0 saturated heterocycles. The van der Waals surface area contributed by atoms with Crippen molar-refractivity contribution in [3.8, 4) is 16.9 Å². The van der Waals surface area contributed by atoms with Crippen LogP contribution in [0.4, 0.5) is 17.6 Å². The second kappa shape index (κ2) is 4.33. The van der Waals surface area contributed by atoms with Crippen molar-refractivity contribution in [2.45, 2.75) is 6.18 Å². The highest BCUT2D eigenvalue weighted by Crippen LogP contribution is 2.37. The molecule has 0 fully saturated rings. The van der Waals surface area contributed by atoms with E-state index >= 15 is 0 Å². The minimum absolute atomic E-state index is 0.0135. The van der Waals surface area contributed by atoms with Crippen LogP contribution in [0.3, 0.4) is 0 Å². The van der Waals surface area contributed by atoms with Gasteiger partial charge < -0.3 is 5.11 Å². The molecular formula is C13H8F4O. The van der Waals surface area contributed by atoms with E-state index < -0.39 is 23.3 Å². The van der Waals surface area contributed by atoms with Gasteiger partial charge in [0.25, 0.3) is 0 Å². The van der Waals surface area contributed by atoms with Gasteiger partial charge in [0.05, 0.1) is 5.56 Å². The van der Waals surface area contributed by atoms with E-state index in [1.807, 2.05) is 0 Å². The smallest absolute Gasteiger partial charge is 0.417 e. The minimum atomic E-state index is -4.53. The van der Waals surface area contributed by atoms with E-state index in [0.29, 0.717) is 0 Å². The van der Waals surface area contributed by atoms with E-state index in [0.717, 1.165) is 24.3 Å². The number of phenols is 1. The Balaban J connectivity index is 2.64. The molecule has 0 aromatic heterocycles. The molecule has 0 aliphatic rings. The van der Waals surface area contributed by atoms with Gasteiger partial charge in [-0.05, 0) is 29.3 Å². The van der Waals surface area contributed by atoms with Crippen molar-refractivity contribution in [2.75, 3.05) is 0 Å². The Morgan fingerprint density at radius 3 is 2.22 bits per heavy atom. The van der Waals surface area contributed by atoms with Crippen LogP contribution >= 0.6 is 0 Å². The highest BCUT2D eigenvalue weighted by Gasteiger charge is 2.33. The Morgan fingerprint density at radius 2 is 1.61 bits per heavy atom. The molecule has 2 rings (SSSR count). The maximum absolute atomic E-state index is 13.1. The molecule has 18 heavy (non-hydrogen) atoms. The molecule has 0 saturated carbocycles. The lowest BCUT2D eigenvalue weighted by molar-refractivity contribution is -0.137. The molecule has 0 atom stereocenters. The summed E-state index contributed by atoms with van der Waals surface area (Å²) in [7, 11) is 0. The fourth-order valence-corrected chi connectivity index (χ4v) is 1.71. The summed E-state index contributed by atoms with van der Waals surface area (Å²) in [6.07, 6.45) is -4.53. The van der Waals surface area contributed by atoms with Gasteiger partial charge in [-0.1, -0.05) is 18.2 Å². The van der Waals surface area contributed by atoms with Gasteiger partial charge in [0, 0.05) is 6.07 Å². The Labute approximate surface area is 100 Å². The van der Waals surface area contributed by atoms with Crippen molar-refractivity contribution in [2.24, 2.45) is 0 Å². The summed E-state index contributed by atoms with van der Waals surface area (Å²) in [5.74, 6) is -1.20. The van der Waals surface area contributed by atoms with Crippen LogP contribution in [0.15, 0.2) is 42.5 Å². The number of hydrogen-bond acceptors (Lipinski definition) is 1. The average Bonchev–Trinajstić information content (AvgIpc) is 2.26. The first-order valence-corrected chi connectivity index (χ1v) is 5.04. The number of halogens is 4. The summed E-state index contributed by atoms with van der Waals surface area (Å²) in [4.78, 5) is 0. The van der Waals surface area contributed by atoms with Gasteiger partial charge in [-0.3, -0.25) is 0 Å². The molecule has 2 aromatic carbocycles. The van der Waals surface area contributed by atoms with Crippen LogP contribution in [0, 0.1) is 5.82 Å². The standard InChI is InChI=1S/C13H8F4O/c14-9-5-8(6-10(18)7-9)11-3-1-2-4-12(11)13(15,16)17/h1-7,18H. The van der Waals surface area contributed by atoms with Crippen LogP contribution in [0.1, 0.15) is 5.56 Å². The van der Waals surface area contributed by atoms with Crippen LogP contribution in [-0.2, 0) is 6.18 Å². The molecule has 0 amide bonds. The fraction of sp³-hybridized carbons (Fsp3) is 0.0769. The van der Waals surface area contributed by atoms with Gasteiger partial charge in [0.15, 0.2) is 0 Å². The van der Waals surface area contributed by atoms with Crippen molar-refractivity contribution < 1.29 is 22.7 Å². The third kappa shape index (κ3) is 2.45. The minimum Gasteiger partial charge on any atom is -0.508 e. The predicted molar refractivity (Wildman–Crippen MR) is 58.5 cm³/mol. The first-order chi connectivity index (χ1) is 8.38. The van der Waals surface area contributed by atoms with E-state index in [2.05, 4.69) is 0 Å². The molecule has 0 aliphatic carbocycles. The second-order valence-corrected chi connectivity index (χ2v) is 3.74. The van der Waals surface area contributed by atoms with Crippen molar-refractivity contribution in [1.29, 1.82) is 0 Å². The largest absolute Gasteiger partial charge is 0.508 e. The summed E-state index contributed by atoms with van der Waals surface area (Å²) >= 11 is 0. The molecule has 0 spiro atoms. The number of hydrogen-bond donors (Lipinski definition) is 1. The zero-order valence-corrected chi connectivity index (χ0v) is 9.00. The van der Waals surface area contributed by atoms with Crippen molar-refractivity contribution >= 4 is 0 Å². The van der Waals surface area contributed by atoms with E-state index in [-0.39, 0.29) is 11.1 Å². The zero-order valence-electron chi connectivity index (χ0n) is 9.00. The monoisotopic (exact) mass is 256 g/mol. The van der Waals surface area contributed by atoms with Crippen molar-refractivity contribution in [3.05, 3.63) is 53.8 Å². The van der Waals surface area contributed by atoms with Crippen LogP contribution in [0.2, 0.25) is 0 Å². The Hall–Kier alpha value is -2.04. The molecule has 94 valence electrons. The van der Waals surface area contributed by atoms with Gasteiger partial charge in [-0.15, -0.1) is 0 Å². The fourth-order valence-electron chi connectivity index (χ4n) is 1.71. The highest BCUT2D eigenvalue weighted by molar-refractivity contribution is 5.69. The molecule has 1 nitrogen and oxygen atoms in total. The normalized spacial score (nSPS) is 11.6. The summed E-state index contributed by atoms with van der Waals surface area (Å²) in [6.45, 7) is 0. The van der Waals surface area contributed by atoms with Crippen molar-refractivity contribution in [3.63, 3.8) is 0 Å². The van der Waals surface area contributed by atoms with Gasteiger partial charge in [-0.25, -0.2) is 4.39 Å². The lowest BCUT2D eigenvalue weighted by atomic mass is 9.99. The van der Waals surface area contributed by atoms with Crippen LogP contribution in [-0.4, -0.2) is 5.11 Å². The van der Waals surface area contributed by atoms with Gasteiger partial charge in [0.2, 0.25) is 0 Å². The Bertz CT molecular complexity index is 555. The quantitative estimate of drug-likeness (QED) is 0.757. The van der Waals surface area contributed by atoms with E-state index in [4.69, 9.17) is 0 Å². The first kappa shape index (κ1) is 12.4. The molecule has 0 unspecified atom stereocenters. The number of benzene rings is 2. The third-order valence-corrected chi connectivity index (χ3v) is 2.43. The van der Waals surface area contributed by atoms with E-state index in [1.165, 1.54) is 18.2 Å². The van der Waals surface area contributed by atoms with E-state index in [9.17, 15) is 22.7 Å². The number of phenolic OH excluding ortho intramolecular Hbond substituents is 1. The summed E-state index contributed by atoms with van der Waals surface area (Å²) in [5.41, 5.74) is -1.05. The molecule has 0 heterocycles. The van der Waals surface area contributed by atoms with Gasteiger partial charge in [-0.2, -0.15) is 13.2 Å². The van der Waals surface area contributed by atoms with E-state index in [1.54, 1.807) is 0 Å². The highest BCUT2D eigenvalue weighted by atomic mass is 19.4. The van der Waals surface area contributed by atoms with Crippen LogP contribution < -0.4 is 0 Å². The number of alkyl halides is 3. The average molecular weight is 256 g/mol. The van der Waals surface area contributed by atoms with Gasteiger partial charge in [0.1, 0.15) is 11.6 Å². The molecule has 0 bridgehead atoms. The zero-order chi connectivity index (χ0) is 13.3.